The fourth-order valence-corrected chi connectivity index (χ4v) is 7.24. The molecule has 0 amide bonds. The summed E-state index contributed by atoms with van der Waals surface area (Å²) in [6, 6.07) is 0. The van der Waals surface area contributed by atoms with Gasteiger partial charge in [-0.15, -0.1) is 0 Å². The highest BCUT2D eigenvalue weighted by molar-refractivity contribution is 5.71. The lowest BCUT2D eigenvalue weighted by Crippen LogP contribution is -2.30. The molecule has 0 aliphatic rings. The molecule has 8 nitrogen and oxygen atoms in total. The zero-order valence-electron chi connectivity index (χ0n) is 42.1. The standard InChI is InChI=1S/C57H98O8/c1-4-7-10-12-14-16-18-20-22-24-26-30-34-38-43-48-55(58)62-51-54(52-63-56(59)49-44-39-35-31-27-25-23-21-19-17-15-13-11-8-5-2)64-57(60)50-45-40-36-32-28-29-33-37-42-47-53(65-61)46-41-9-6-3/h14-17,20-23,33,37,42,47,53-54,61H,4-13,18-19,24-32,34-36,38-41,43-46,48-52H2,1-3H3/b16-14-,17-15-,22-20-,23-21-,37-33-,47-42+/t53-/m0/s1. The molecule has 0 rings (SSSR count). The Kier molecular flexibility index (Phi) is 49.2. The van der Waals surface area contributed by atoms with E-state index in [-0.39, 0.29) is 43.6 Å². The Morgan fingerprint density at radius 1 is 0.415 bits per heavy atom. The number of allylic oxidation sites excluding steroid dienone is 11. The third-order valence-electron chi connectivity index (χ3n) is 11.4. The maximum atomic E-state index is 12.8. The Bertz CT molecular complexity index is 1190. The number of ether oxygens (including phenoxy) is 3. The second-order valence-electron chi connectivity index (χ2n) is 17.7. The van der Waals surface area contributed by atoms with Gasteiger partial charge in [0.25, 0.3) is 0 Å². The third-order valence-corrected chi connectivity index (χ3v) is 11.4. The van der Waals surface area contributed by atoms with Gasteiger partial charge in [-0.2, -0.15) is 0 Å². The zero-order valence-corrected chi connectivity index (χ0v) is 42.1. The van der Waals surface area contributed by atoms with Crippen LogP contribution in [0.4, 0.5) is 0 Å². The first-order valence-electron chi connectivity index (χ1n) is 26.7. The number of hydrogen-bond donors (Lipinski definition) is 1. The largest absolute Gasteiger partial charge is 0.462 e. The van der Waals surface area contributed by atoms with Gasteiger partial charge in [0.15, 0.2) is 6.10 Å². The van der Waals surface area contributed by atoms with Gasteiger partial charge in [0, 0.05) is 19.3 Å². The van der Waals surface area contributed by atoms with Crippen LogP contribution in [0.25, 0.3) is 0 Å². The molecule has 0 aliphatic carbocycles. The van der Waals surface area contributed by atoms with Crippen LogP contribution in [-0.4, -0.2) is 48.6 Å². The fourth-order valence-electron chi connectivity index (χ4n) is 7.24. The van der Waals surface area contributed by atoms with E-state index in [0.29, 0.717) is 19.3 Å². The van der Waals surface area contributed by atoms with Crippen molar-refractivity contribution in [2.45, 2.75) is 258 Å². The van der Waals surface area contributed by atoms with Crippen LogP contribution in [0.5, 0.6) is 0 Å². The molecule has 0 radical (unpaired) electrons. The summed E-state index contributed by atoms with van der Waals surface area (Å²) in [6.45, 7) is 6.39. The van der Waals surface area contributed by atoms with Crippen molar-refractivity contribution in [3.8, 4) is 0 Å². The summed E-state index contributed by atoms with van der Waals surface area (Å²) < 4.78 is 16.8. The zero-order chi connectivity index (χ0) is 47.4. The molecule has 0 heterocycles. The first-order chi connectivity index (χ1) is 32.0. The molecule has 0 fully saturated rings. The van der Waals surface area contributed by atoms with E-state index in [4.69, 9.17) is 19.5 Å². The predicted octanol–water partition coefficient (Wildman–Crippen LogP) is 16.9. The quantitative estimate of drug-likeness (QED) is 0.0122. The number of carbonyl (C=O) groups excluding carboxylic acids is 3. The van der Waals surface area contributed by atoms with Crippen molar-refractivity contribution in [3.05, 3.63) is 72.9 Å². The fraction of sp³-hybridized carbons (Fsp3) is 0.737. The van der Waals surface area contributed by atoms with Gasteiger partial charge in [0.1, 0.15) is 19.3 Å². The van der Waals surface area contributed by atoms with Gasteiger partial charge in [0.05, 0.1) is 0 Å². The molecular weight excluding hydrogens is 813 g/mol. The van der Waals surface area contributed by atoms with Crippen LogP contribution < -0.4 is 0 Å². The smallest absolute Gasteiger partial charge is 0.306 e. The summed E-state index contributed by atoms with van der Waals surface area (Å²) in [6.07, 6.45) is 60.3. The van der Waals surface area contributed by atoms with E-state index >= 15 is 0 Å². The molecule has 0 spiro atoms. The van der Waals surface area contributed by atoms with Crippen LogP contribution in [0.3, 0.4) is 0 Å². The van der Waals surface area contributed by atoms with E-state index in [1.54, 1.807) is 0 Å². The average molecular weight is 911 g/mol. The lowest BCUT2D eigenvalue weighted by atomic mass is 10.1. The topological polar surface area (TPSA) is 108 Å². The maximum absolute atomic E-state index is 12.8. The Labute approximate surface area is 399 Å². The Morgan fingerprint density at radius 3 is 1.22 bits per heavy atom. The Morgan fingerprint density at radius 2 is 0.785 bits per heavy atom. The van der Waals surface area contributed by atoms with Gasteiger partial charge in [-0.3, -0.25) is 19.6 Å². The monoisotopic (exact) mass is 911 g/mol. The summed E-state index contributed by atoms with van der Waals surface area (Å²) >= 11 is 0. The number of unbranched alkanes of at least 4 members (excludes halogenated alkanes) is 23. The summed E-state index contributed by atoms with van der Waals surface area (Å²) in [4.78, 5) is 42.6. The molecule has 65 heavy (non-hydrogen) atoms. The highest BCUT2D eigenvalue weighted by Gasteiger charge is 2.19. The van der Waals surface area contributed by atoms with Crippen molar-refractivity contribution in [1.29, 1.82) is 0 Å². The summed E-state index contributed by atoms with van der Waals surface area (Å²) in [5.74, 6) is -0.992. The summed E-state index contributed by atoms with van der Waals surface area (Å²) in [5, 5.41) is 9.07. The molecule has 8 heteroatoms. The van der Waals surface area contributed by atoms with Crippen molar-refractivity contribution in [3.63, 3.8) is 0 Å². The second-order valence-corrected chi connectivity index (χ2v) is 17.7. The highest BCUT2D eigenvalue weighted by Crippen LogP contribution is 2.14. The number of esters is 3. The molecule has 0 unspecified atom stereocenters. The average Bonchev–Trinajstić information content (AvgIpc) is 3.30. The minimum atomic E-state index is -0.819. The van der Waals surface area contributed by atoms with Crippen LogP contribution in [0.1, 0.15) is 245 Å². The molecule has 374 valence electrons. The van der Waals surface area contributed by atoms with Gasteiger partial charge in [-0.25, -0.2) is 4.89 Å². The minimum Gasteiger partial charge on any atom is -0.462 e. The Hall–Kier alpha value is -3.23. The van der Waals surface area contributed by atoms with E-state index in [9.17, 15) is 14.4 Å². The molecule has 0 bridgehead atoms. The molecular formula is C57H98O8. The van der Waals surface area contributed by atoms with Gasteiger partial charge in [-0.05, 0) is 103 Å². The third kappa shape index (κ3) is 48.5. The van der Waals surface area contributed by atoms with Gasteiger partial charge in [0.2, 0.25) is 0 Å². The molecule has 0 aromatic carbocycles. The molecule has 0 saturated heterocycles. The number of rotatable bonds is 48. The molecule has 1 atom stereocenters. The SMILES string of the molecule is CCCCC/C=C\C/C=C\CCCCCCCC(=O)OCC(COC(=O)CCCCCCC/C=C\C/C=C\CCCCC)OC(=O)CCCCCCC/C=C\C=C\[C@H](CCCCC)OO. The Balaban J connectivity index is 4.53. The highest BCUT2D eigenvalue weighted by atomic mass is 17.1. The van der Waals surface area contributed by atoms with Crippen LogP contribution in [0.15, 0.2) is 72.9 Å². The molecule has 0 aliphatic heterocycles. The van der Waals surface area contributed by atoms with Crippen LogP contribution in [0, 0.1) is 0 Å². The lowest BCUT2D eigenvalue weighted by Gasteiger charge is -2.18. The summed E-state index contributed by atoms with van der Waals surface area (Å²) in [5.41, 5.74) is 0. The molecule has 1 N–H and O–H groups in total. The van der Waals surface area contributed by atoms with E-state index in [2.05, 4.69) is 80.3 Å². The van der Waals surface area contributed by atoms with Crippen molar-refractivity contribution >= 4 is 17.9 Å². The normalized spacial score (nSPS) is 12.7. The second kappa shape index (κ2) is 51.7. The molecule has 0 aromatic rings. The number of hydrogen-bond acceptors (Lipinski definition) is 8. The number of carbonyl (C=O) groups is 3. The predicted molar refractivity (Wildman–Crippen MR) is 273 cm³/mol. The van der Waals surface area contributed by atoms with E-state index in [0.717, 1.165) is 148 Å². The first kappa shape index (κ1) is 61.8. The van der Waals surface area contributed by atoms with Crippen LogP contribution in [-0.2, 0) is 33.5 Å². The first-order valence-corrected chi connectivity index (χ1v) is 26.7. The van der Waals surface area contributed by atoms with E-state index in [1.165, 1.54) is 51.4 Å². The van der Waals surface area contributed by atoms with Crippen LogP contribution in [0.2, 0.25) is 0 Å². The van der Waals surface area contributed by atoms with Crippen molar-refractivity contribution in [2.75, 3.05) is 13.2 Å². The lowest BCUT2D eigenvalue weighted by molar-refractivity contribution is -0.267. The van der Waals surface area contributed by atoms with E-state index in [1.807, 2.05) is 18.2 Å². The summed E-state index contributed by atoms with van der Waals surface area (Å²) in [7, 11) is 0. The maximum Gasteiger partial charge on any atom is 0.306 e. The minimum absolute atomic E-state index is 0.114. The van der Waals surface area contributed by atoms with Crippen molar-refractivity contribution in [2.24, 2.45) is 0 Å². The van der Waals surface area contributed by atoms with Gasteiger partial charge < -0.3 is 14.2 Å². The molecule has 0 aromatic heterocycles. The van der Waals surface area contributed by atoms with Gasteiger partial charge in [-0.1, -0.05) is 196 Å². The van der Waals surface area contributed by atoms with Gasteiger partial charge >= 0.3 is 17.9 Å². The van der Waals surface area contributed by atoms with Crippen molar-refractivity contribution in [1.82, 2.24) is 0 Å². The van der Waals surface area contributed by atoms with E-state index < -0.39 is 6.10 Å². The van der Waals surface area contributed by atoms with Crippen molar-refractivity contribution < 1.29 is 38.7 Å². The molecule has 0 saturated carbocycles. The van der Waals surface area contributed by atoms with Crippen LogP contribution >= 0.6 is 0 Å².